The number of aryl methyl sites for hydroxylation is 1. The molecule has 0 unspecified atom stereocenters. The smallest absolute Gasteiger partial charge is 0.219 e. The average molecular weight is 292 g/mol. The monoisotopic (exact) mass is 291 g/mol. The molecule has 0 fully saturated rings. The van der Waals surface area contributed by atoms with Crippen molar-refractivity contribution in [1.29, 1.82) is 0 Å². The Labute approximate surface area is 124 Å². The van der Waals surface area contributed by atoms with Gasteiger partial charge in [-0.3, -0.25) is 0 Å². The van der Waals surface area contributed by atoms with Crippen LogP contribution in [-0.2, 0) is 6.61 Å². The van der Waals surface area contributed by atoms with Crippen LogP contribution in [0.3, 0.4) is 0 Å². The molecule has 3 nitrogen and oxygen atoms in total. The Morgan fingerprint density at radius 2 is 2.00 bits per heavy atom. The lowest BCUT2D eigenvalue weighted by Gasteiger charge is -2.12. The summed E-state index contributed by atoms with van der Waals surface area (Å²) in [5.74, 6) is 1.28. The number of nitrogens with zero attached hydrogens (tertiary/aromatic N) is 1. The fourth-order valence-corrected chi connectivity index (χ4v) is 2.10. The molecule has 4 heteroatoms. The van der Waals surface area contributed by atoms with Gasteiger partial charge in [0.1, 0.15) is 5.75 Å². The minimum atomic E-state index is -0.0414. The number of aliphatic hydroxyl groups excluding tert-OH is 1. The van der Waals surface area contributed by atoms with E-state index in [2.05, 4.69) is 4.98 Å². The molecule has 1 N–H and O–H groups in total. The molecule has 2 rings (SSSR count). The number of aromatic nitrogens is 1. The summed E-state index contributed by atoms with van der Waals surface area (Å²) in [6, 6.07) is 9.20. The van der Waals surface area contributed by atoms with Gasteiger partial charge in [-0.15, -0.1) is 0 Å². The highest BCUT2D eigenvalue weighted by atomic mass is 35.5. The highest BCUT2D eigenvalue weighted by molar-refractivity contribution is 6.32. The van der Waals surface area contributed by atoms with Gasteiger partial charge in [-0.25, -0.2) is 4.98 Å². The predicted molar refractivity (Wildman–Crippen MR) is 80.5 cm³/mol. The first-order chi connectivity index (χ1) is 9.49. The molecule has 0 radical (unpaired) electrons. The first-order valence-corrected chi connectivity index (χ1v) is 6.93. The SMILES string of the molecule is Cc1ccc(Oc2cc(CO)cc(C(C)C)n2)c(Cl)c1. The molecular weight excluding hydrogens is 274 g/mol. The number of ether oxygens (including phenoxy) is 1. The Morgan fingerprint density at radius 3 is 2.60 bits per heavy atom. The van der Waals surface area contributed by atoms with Gasteiger partial charge in [-0.05, 0) is 42.2 Å². The molecule has 1 heterocycles. The van der Waals surface area contributed by atoms with Crippen LogP contribution < -0.4 is 4.74 Å². The van der Waals surface area contributed by atoms with Crippen molar-refractivity contribution in [2.75, 3.05) is 0 Å². The number of halogens is 1. The zero-order chi connectivity index (χ0) is 14.7. The normalized spacial score (nSPS) is 10.9. The summed E-state index contributed by atoms with van der Waals surface area (Å²) in [7, 11) is 0. The molecule has 0 aliphatic carbocycles. The molecule has 2 aromatic rings. The molecule has 0 saturated carbocycles. The Kier molecular flexibility index (Phi) is 4.63. The van der Waals surface area contributed by atoms with Crippen LogP contribution in [0, 0.1) is 6.92 Å². The highest BCUT2D eigenvalue weighted by Gasteiger charge is 2.09. The highest BCUT2D eigenvalue weighted by Crippen LogP contribution is 2.30. The summed E-state index contributed by atoms with van der Waals surface area (Å²) in [5, 5.41) is 9.86. The molecule has 1 aromatic heterocycles. The summed E-state index contributed by atoms with van der Waals surface area (Å²) in [4.78, 5) is 4.45. The summed E-state index contributed by atoms with van der Waals surface area (Å²) in [5.41, 5.74) is 2.74. The number of hydrogen-bond donors (Lipinski definition) is 1. The molecule has 0 aliphatic rings. The number of rotatable bonds is 4. The van der Waals surface area contributed by atoms with Crippen LogP contribution in [0.15, 0.2) is 30.3 Å². The Balaban J connectivity index is 2.34. The lowest BCUT2D eigenvalue weighted by atomic mass is 10.1. The number of aliphatic hydroxyl groups is 1. The van der Waals surface area contributed by atoms with Gasteiger partial charge in [0, 0.05) is 11.8 Å². The summed E-state index contributed by atoms with van der Waals surface area (Å²) >= 11 is 6.15. The Morgan fingerprint density at radius 1 is 1.25 bits per heavy atom. The largest absolute Gasteiger partial charge is 0.437 e. The van der Waals surface area contributed by atoms with E-state index < -0.39 is 0 Å². The third kappa shape index (κ3) is 3.50. The molecule has 0 bridgehead atoms. The molecule has 20 heavy (non-hydrogen) atoms. The lowest BCUT2D eigenvalue weighted by Crippen LogP contribution is -1.99. The second-order valence-electron chi connectivity index (χ2n) is 5.09. The third-order valence-corrected chi connectivity index (χ3v) is 3.25. The zero-order valence-corrected chi connectivity index (χ0v) is 12.6. The first-order valence-electron chi connectivity index (χ1n) is 6.55. The van der Waals surface area contributed by atoms with Crippen LogP contribution in [0.4, 0.5) is 0 Å². The van der Waals surface area contributed by atoms with Crippen molar-refractivity contribution in [1.82, 2.24) is 4.98 Å². The van der Waals surface area contributed by atoms with Crippen LogP contribution in [0.25, 0.3) is 0 Å². The molecule has 106 valence electrons. The molecule has 0 amide bonds. The lowest BCUT2D eigenvalue weighted by molar-refractivity contribution is 0.280. The van der Waals surface area contributed by atoms with E-state index in [9.17, 15) is 5.11 Å². The molecule has 0 spiro atoms. The predicted octanol–water partition coefficient (Wildman–Crippen LogP) is 4.45. The average Bonchev–Trinajstić information content (AvgIpc) is 2.41. The van der Waals surface area contributed by atoms with Crippen molar-refractivity contribution < 1.29 is 9.84 Å². The van der Waals surface area contributed by atoms with Gasteiger partial charge >= 0.3 is 0 Å². The Hall–Kier alpha value is -1.58. The number of benzene rings is 1. The van der Waals surface area contributed by atoms with E-state index in [4.69, 9.17) is 16.3 Å². The summed E-state index contributed by atoms with van der Waals surface area (Å²) in [6.07, 6.45) is 0. The van der Waals surface area contributed by atoms with E-state index in [0.29, 0.717) is 16.7 Å². The summed E-state index contributed by atoms with van der Waals surface area (Å²) in [6.45, 7) is 6.02. The molecule has 0 saturated heterocycles. The molecule has 0 atom stereocenters. The fraction of sp³-hybridized carbons (Fsp3) is 0.312. The van der Waals surface area contributed by atoms with E-state index >= 15 is 0 Å². The summed E-state index contributed by atoms with van der Waals surface area (Å²) < 4.78 is 5.74. The minimum Gasteiger partial charge on any atom is -0.437 e. The first kappa shape index (κ1) is 14.8. The quantitative estimate of drug-likeness (QED) is 0.905. The van der Waals surface area contributed by atoms with Crippen LogP contribution in [0.1, 0.15) is 36.6 Å². The van der Waals surface area contributed by atoms with Crippen LogP contribution in [0.5, 0.6) is 11.6 Å². The Bertz CT molecular complexity index is 611. The zero-order valence-electron chi connectivity index (χ0n) is 11.9. The molecule has 0 aliphatic heterocycles. The maximum atomic E-state index is 9.32. The topological polar surface area (TPSA) is 42.4 Å². The van der Waals surface area contributed by atoms with Crippen molar-refractivity contribution in [3.63, 3.8) is 0 Å². The van der Waals surface area contributed by atoms with Gasteiger partial charge in [-0.1, -0.05) is 31.5 Å². The van der Waals surface area contributed by atoms with Crippen LogP contribution in [-0.4, -0.2) is 10.1 Å². The maximum Gasteiger partial charge on any atom is 0.219 e. The fourth-order valence-electron chi connectivity index (χ4n) is 1.82. The standard InChI is InChI=1S/C16H18ClNO2/c1-10(2)14-7-12(9-19)8-16(18-14)20-15-5-4-11(3)6-13(15)17/h4-8,10,19H,9H2,1-3H3. The number of hydrogen-bond acceptors (Lipinski definition) is 3. The van der Waals surface area contributed by atoms with E-state index in [1.165, 1.54) is 0 Å². The van der Waals surface area contributed by atoms with Crippen molar-refractivity contribution in [2.45, 2.75) is 33.3 Å². The maximum absolute atomic E-state index is 9.32. The molecule has 1 aromatic carbocycles. The minimum absolute atomic E-state index is 0.0414. The van der Waals surface area contributed by atoms with E-state index in [1.807, 2.05) is 45.0 Å². The van der Waals surface area contributed by atoms with Gasteiger partial charge < -0.3 is 9.84 Å². The van der Waals surface area contributed by atoms with E-state index in [1.54, 1.807) is 6.07 Å². The second kappa shape index (κ2) is 6.25. The second-order valence-corrected chi connectivity index (χ2v) is 5.49. The third-order valence-electron chi connectivity index (χ3n) is 2.96. The van der Waals surface area contributed by atoms with Crippen molar-refractivity contribution >= 4 is 11.6 Å². The molecular formula is C16H18ClNO2. The van der Waals surface area contributed by atoms with Gasteiger partial charge in [0.2, 0.25) is 5.88 Å². The number of pyridine rings is 1. The van der Waals surface area contributed by atoms with Crippen molar-refractivity contribution in [3.05, 3.63) is 52.2 Å². The van der Waals surface area contributed by atoms with Gasteiger partial charge in [0.15, 0.2) is 0 Å². The van der Waals surface area contributed by atoms with Gasteiger partial charge in [0.05, 0.1) is 11.6 Å². The van der Waals surface area contributed by atoms with Gasteiger partial charge in [-0.2, -0.15) is 0 Å². The van der Waals surface area contributed by atoms with Crippen molar-refractivity contribution in [2.24, 2.45) is 0 Å². The van der Waals surface area contributed by atoms with Gasteiger partial charge in [0.25, 0.3) is 0 Å². The van der Waals surface area contributed by atoms with Crippen LogP contribution in [0.2, 0.25) is 5.02 Å². The van der Waals surface area contributed by atoms with Crippen molar-refractivity contribution in [3.8, 4) is 11.6 Å². The van der Waals surface area contributed by atoms with E-state index in [-0.39, 0.29) is 12.5 Å². The van der Waals surface area contributed by atoms with E-state index in [0.717, 1.165) is 16.8 Å². The van der Waals surface area contributed by atoms with Crippen LogP contribution >= 0.6 is 11.6 Å².